The van der Waals surface area contributed by atoms with Crippen LogP contribution in [0.4, 0.5) is 0 Å². The molecule has 0 radical (unpaired) electrons. The van der Waals surface area contributed by atoms with Crippen molar-refractivity contribution in [2.24, 2.45) is 5.92 Å². The second kappa shape index (κ2) is 9.30. The number of hydrogen-bond donors (Lipinski definition) is 1. The monoisotopic (exact) mass is 468 g/mol. The number of hydrogen-bond acceptors (Lipinski definition) is 5. The van der Waals surface area contributed by atoms with Crippen molar-refractivity contribution in [3.63, 3.8) is 0 Å². The normalized spacial score (nSPS) is 16.5. The van der Waals surface area contributed by atoms with Gasteiger partial charge in [-0.2, -0.15) is 4.98 Å². The molecular weight excluding hydrogens is 444 g/mol. The maximum Gasteiger partial charge on any atom is 0.258 e. The molecule has 0 aliphatic carbocycles. The van der Waals surface area contributed by atoms with E-state index >= 15 is 0 Å². The lowest BCUT2D eigenvalue weighted by molar-refractivity contribution is 0.386. The van der Waals surface area contributed by atoms with Gasteiger partial charge in [0.1, 0.15) is 5.75 Å². The van der Waals surface area contributed by atoms with Crippen LogP contribution in [0, 0.1) is 5.92 Å². The summed E-state index contributed by atoms with van der Waals surface area (Å²) < 4.78 is 11.0. The molecule has 0 amide bonds. The summed E-state index contributed by atoms with van der Waals surface area (Å²) >= 11 is 11.8. The van der Waals surface area contributed by atoms with Gasteiger partial charge >= 0.3 is 0 Å². The SMILES string of the molecule is COc1ccc(-c2noc(C3=C(C)N(CC(C)C)C(=S)NC3c3ccc(Cl)cc3)n2)cc1. The Morgan fingerprint density at radius 2 is 1.84 bits per heavy atom. The van der Waals surface area contributed by atoms with Gasteiger partial charge in [0.2, 0.25) is 5.82 Å². The summed E-state index contributed by atoms with van der Waals surface area (Å²) in [5.74, 6) is 2.17. The van der Waals surface area contributed by atoms with Crippen molar-refractivity contribution < 1.29 is 9.26 Å². The molecule has 0 saturated carbocycles. The predicted octanol–water partition coefficient (Wildman–Crippen LogP) is 5.72. The van der Waals surface area contributed by atoms with E-state index < -0.39 is 0 Å². The average Bonchev–Trinajstić information content (AvgIpc) is 3.26. The second-order valence-corrected chi connectivity index (χ2v) is 8.91. The van der Waals surface area contributed by atoms with Crippen molar-refractivity contribution >= 4 is 34.5 Å². The lowest BCUT2D eigenvalue weighted by Crippen LogP contribution is -2.47. The van der Waals surface area contributed by atoms with Gasteiger partial charge in [-0.3, -0.25) is 0 Å². The van der Waals surface area contributed by atoms with Gasteiger partial charge in [-0.25, -0.2) is 0 Å². The number of benzene rings is 2. The number of nitrogens with zero attached hydrogens (tertiary/aromatic N) is 3. The maximum absolute atomic E-state index is 6.12. The number of rotatable bonds is 6. The largest absolute Gasteiger partial charge is 0.497 e. The zero-order valence-corrected chi connectivity index (χ0v) is 20.0. The van der Waals surface area contributed by atoms with E-state index in [-0.39, 0.29) is 6.04 Å². The van der Waals surface area contributed by atoms with E-state index in [2.05, 4.69) is 29.2 Å². The van der Waals surface area contributed by atoms with Crippen molar-refractivity contribution in [3.8, 4) is 17.1 Å². The van der Waals surface area contributed by atoms with Gasteiger partial charge in [0.15, 0.2) is 5.11 Å². The molecule has 1 aromatic heterocycles. The smallest absolute Gasteiger partial charge is 0.258 e. The highest BCUT2D eigenvalue weighted by atomic mass is 35.5. The fourth-order valence-electron chi connectivity index (χ4n) is 3.74. The molecule has 1 atom stereocenters. The summed E-state index contributed by atoms with van der Waals surface area (Å²) in [6.07, 6.45) is 0. The van der Waals surface area contributed by atoms with E-state index in [1.165, 1.54) is 0 Å². The van der Waals surface area contributed by atoms with Gasteiger partial charge < -0.3 is 19.5 Å². The Balaban J connectivity index is 1.78. The number of ether oxygens (including phenoxy) is 1. The fourth-order valence-corrected chi connectivity index (χ4v) is 4.19. The summed E-state index contributed by atoms with van der Waals surface area (Å²) in [4.78, 5) is 6.83. The Morgan fingerprint density at radius 3 is 2.47 bits per heavy atom. The first-order valence-electron chi connectivity index (χ1n) is 10.4. The topological polar surface area (TPSA) is 63.4 Å². The summed E-state index contributed by atoms with van der Waals surface area (Å²) in [5.41, 5.74) is 3.75. The molecule has 0 spiro atoms. The molecule has 2 aromatic carbocycles. The lowest BCUT2D eigenvalue weighted by Gasteiger charge is -2.38. The first kappa shape index (κ1) is 22.3. The Morgan fingerprint density at radius 1 is 1.16 bits per heavy atom. The molecule has 3 aromatic rings. The van der Waals surface area contributed by atoms with Gasteiger partial charge in [0.05, 0.1) is 18.7 Å². The van der Waals surface area contributed by atoms with E-state index in [9.17, 15) is 0 Å². The van der Waals surface area contributed by atoms with E-state index in [0.29, 0.717) is 27.8 Å². The van der Waals surface area contributed by atoms with Crippen LogP contribution in [0.15, 0.2) is 58.8 Å². The lowest BCUT2D eigenvalue weighted by atomic mass is 9.94. The van der Waals surface area contributed by atoms with Crippen LogP contribution in [0.2, 0.25) is 5.02 Å². The molecule has 1 aliphatic rings. The number of allylic oxidation sites excluding steroid dienone is 1. The highest BCUT2D eigenvalue weighted by molar-refractivity contribution is 7.80. The number of methoxy groups -OCH3 is 1. The Kier molecular flexibility index (Phi) is 6.48. The number of nitrogens with one attached hydrogen (secondary N) is 1. The van der Waals surface area contributed by atoms with Crippen LogP contribution >= 0.6 is 23.8 Å². The zero-order chi connectivity index (χ0) is 22.8. The fraction of sp³-hybridized carbons (Fsp3) is 0.292. The molecule has 1 N–H and O–H groups in total. The minimum Gasteiger partial charge on any atom is -0.497 e. The highest BCUT2D eigenvalue weighted by Crippen LogP contribution is 2.38. The van der Waals surface area contributed by atoms with E-state index in [4.69, 9.17) is 38.1 Å². The van der Waals surface area contributed by atoms with Crippen LogP contribution < -0.4 is 10.1 Å². The van der Waals surface area contributed by atoms with Gasteiger partial charge in [-0.15, -0.1) is 0 Å². The van der Waals surface area contributed by atoms with Crippen LogP contribution in [0.25, 0.3) is 17.0 Å². The molecule has 166 valence electrons. The third kappa shape index (κ3) is 4.49. The van der Waals surface area contributed by atoms with Crippen LogP contribution in [0.5, 0.6) is 5.75 Å². The number of halogens is 1. The van der Waals surface area contributed by atoms with Gasteiger partial charge in [-0.05, 0) is 67.0 Å². The minimum absolute atomic E-state index is 0.229. The number of thiocarbonyl (C=S) groups is 1. The molecule has 8 heteroatoms. The molecule has 32 heavy (non-hydrogen) atoms. The van der Waals surface area contributed by atoms with E-state index in [0.717, 1.165) is 34.7 Å². The first-order chi connectivity index (χ1) is 15.4. The van der Waals surface area contributed by atoms with Crippen molar-refractivity contribution in [3.05, 3.63) is 70.7 Å². The minimum atomic E-state index is -0.229. The van der Waals surface area contributed by atoms with Crippen molar-refractivity contribution in [1.82, 2.24) is 20.4 Å². The second-order valence-electron chi connectivity index (χ2n) is 8.09. The summed E-state index contributed by atoms with van der Waals surface area (Å²) in [6, 6.07) is 15.0. The van der Waals surface area contributed by atoms with Crippen LogP contribution in [-0.2, 0) is 0 Å². The molecule has 1 unspecified atom stereocenters. The van der Waals surface area contributed by atoms with Gasteiger partial charge in [0.25, 0.3) is 5.89 Å². The summed E-state index contributed by atoms with van der Waals surface area (Å²) in [6.45, 7) is 7.16. The Hall–Kier alpha value is -2.90. The quantitative estimate of drug-likeness (QED) is 0.464. The molecule has 0 bridgehead atoms. The standard InChI is InChI=1S/C24H25ClN4O2S/c1-14(2)13-29-15(3)20(21(26-24(29)32)16-5-9-18(25)10-6-16)23-27-22(28-31-23)17-7-11-19(30-4)12-8-17/h5-12,14,21H,13H2,1-4H3,(H,26,32). The van der Waals surface area contributed by atoms with E-state index in [1.54, 1.807) is 7.11 Å². The summed E-state index contributed by atoms with van der Waals surface area (Å²) in [5, 5.41) is 9.05. The van der Waals surface area contributed by atoms with E-state index in [1.807, 2.05) is 55.5 Å². The predicted molar refractivity (Wildman–Crippen MR) is 130 cm³/mol. The number of aromatic nitrogens is 2. The Bertz CT molecular complexity index is 1140. The maximum atomic E-state index is 6.12. The molecular formula is C24H25ClN4O2S. The molecule has 2 heterocycles. The third-order valence-electron chi connectivity index (χ3n) is 5.35. The molecule has 4 rings (SSSR count). The van der Waals surface area contributed by atoms with Crippen LogP contribution in [-0.4, -0.2) is 33.8 Å². The first-order valence-corrected chi connectivity index (χ1v) is 11.2. The third-order valence-corrected chi connectivity index (χ3v) is 5.94. The average molecular weight is 469 g/mol. The highest BCUT2D eigenvalue weighted by Gasteiger charge is 2.34. The molecule has 6 nitrogen and oxygen atoms in total. The molecule has 1 aliphatic heterocycles. The molecule has 0 saturated heterocycles. The van der Waals surface area contributed by atoms with Crippen LogP contribution in [0.3, 0.4) is 0 Å². The molecule has 0 fully saturated rings. The van der Waals surface area contributed by atoms with Crippen molar-refractivity contribution in [2.45, 2.75) is 26.8 Å². The summed E-state index contributed by atoms with van der Waals surface area (Å²) in [7, 11) is 1.64. The zero-order valence-electron chi connectivity index (χ0n) is 18.4. The van der Waals surface area contributed by atoms with Crippen LogP contribution in [0.1, 0.15) is 38.3 Å². The van der Waals surface area contributed by atoms with Gasteiger partial charge in [0, 0.05) is 22.8 Å². The van der Waals surface area contributed by atoms with Crippen molar-refractivity contribution in [2.75, 3.05) is 13.7 Å². The Labute approximate surface area is 198 Å². The van der Waals surface area contributed by atoms with Crippen molar-refractivity contribution in [1.29, 1.82) is 0 Å². The van der Waals surface area contributed by atoms with Gasteiger partial charge in [-0.1, -0.05) is 42.7 Å².